The molecule has 11 nitrogen and oxygen atoms in total. The van der Waals surface area contributed by atoms with E-state index in [0.717, 1.165) is 0 Å². The van der Waals surface area contributed by atoms with Crippen LogP contribution in [0.25, 0.3) is 0 Å². The summed E-state index contributed by atoms with van der Waals surface area (Å²) >= 11 is 0. The third kappa shape index (κ3) is 5.70. The van der Waals surface area contributed by atoms with Crippen molar-refractivity contribution in [1.29, 1.82) is 0 Å². The lowest BCUT2D eigenvalue weighted by molar-refractivity contribution is -0.253. The van der Waals surface area contributed by atoms with Gasteiger partial charge in [-0.05, 0) is 18.6 Å². The number of imide groups is 1. The van der Waals surface area contributed by atoms with Crippen LogP contribution in [0, 0.1) is 0 Å². The Hall–Kier alpha value is -2.60. The Kier molecular flexibility index (Phi) is 7.81. The third-order valence-electron chi connectivity index (χ3n) is 4.04. The molecule has 1 fully saturated rings. The number of pyridine rings is 1. The van der Waals surface area contributed by atoms with Crippen LogP contribution in [0.3, 0.4) is 0 Å². The highest BCUT2D eigenvalue weighted by atomic mass is 16.6. The van der Waals surface area contributed by atoms with Crippen molar-refractivity contribution in [2.24, 2.45) is 0 Å². The van der Waals surface area contributed by atoms with Gasteiger partial charge < -0.3 is 30.1 Å². The number of aliphatic hydroxyl groups excluding tert-OH is 3. The molecule has 0 saturated carbocycles. The van der Waals surface area contributed by atoms with E-state index in [2.05, 4.69) is 10.3 Å². The molecule has 1 aliphatic heterocycles. The maximum atomic E-state index is 11.8. The smallest absolute Gasteiger partial charge is 0.414 e. The van der Waals surface area contributed by atoms with Gasteiger partial charge in [0, 0.05) is 18.8 Å². The minimum Gasteiger partial charge on any atom is -0.446 e. The predicted octanol–water partition coefficient (Wildman–Crippen LogP) is -1.33. The molecule has 5 atom stereocenters. The summed E-state index contributed by atoms with van der Waals surface area (Å²) in [4.78, 5) is 38.9. The van der Waals surface area contributed by atoms with Gasteiger partial charge in [-0.1, -0.05) is 6.92 Å². The van der Waals surface area contributed by atoms with E-state index in [1.165, 1.54) is 24.5 Å². The van der Waals surface area contributed by atoms with Gasteiger partial charge in [0.1, 0.15) is 31.0 Å². The highest BCUT2D eigenvalue weighted by Gasteiger charge is 2.45. The summed E-state index contributed by atoms with van der Waals surface area (Å²) in [5, 5.41) is 34.6. The van der Waals surface area contributed by atoms with Crippen LogP contribution in [0.1, 0.15) is 30.1 Å². The number of carbonyl (C=O) groups is 3. The first-order valence-electron chi connectivity index (χ1n) is 8.70. The number of rotatable bonds is 6. The van der Waals surface area contributed by atoms with Crippen LogP contribution < -0.4 is 10.6 Å². The first-order chi connectivity index (χ1) is 13.3. The number of ether oxygens (including phenoxy) is 2. The number of aliphatic hydroxyl groups is 3. The summed E-state index contributed by atoms with van der Waals surface area (Å²) in [6.07, 6.45) is -3.60. The molecule has 0 aromatic carbocycles. The Morgan fingerprint density at radius 2 is 2.00 bits per heavy atom. The molecule has 1 saturated heterocycles. The highest BCUT2D eigenvalue weighted by molar-refractivity contribution is 6.02. The molecule has 1 aliphatic rings. The minimum absolute atomic E-state index is 0.143. The largest absolute Gasteiger partial charge is 0.446 e. The molecule has 1 aromatic rings. The van der Waals surface area contributed by atoms with Crippen molar-refractivity contribution in [3.8, 4) is 0 Å². The van der Waals surface area contributed by atoms with E-state index in [9.17, 15) is 29.7 Å². The van der Waals surface area contributed by atoms with Gasteiger partial charge in [0.15, 0.2) is 6.29 Å². The topological polar surface area (TPSA) is 167 Å². The van der Waals surface area contributed by atoms with Crippen LogP contribution in [-0.2, 0) is 14.3 Å². The van der Waals surface area contributed by atoms with Crippen molar-refractivity contribution in [2.45, 2.75) is 50.4 Å². The second kappa shape index (κ2) is 10.1. The lowest BCUT2D eigenvalue weighted by Gasteiger charge is -2.40. The van der Waals surface area contributed by atoms with Gasteiger partial charge in [-0.15, -0.1) is 0 Å². The van der Waals surface area contributed by atoms with Crippen molar-refractivity contribution in [1.82, 2.24) is 15.6 Å². The van der Waals surface area contributed by atoms with Crippen molar-refractivity contribution in [3.63, 3.8) is 0 Å². The molecule has 0 spiro atoms. The number of alkyl carbamates (subject to hydrolysis) is 1. The summed E-state index contributed by atoms with van der Waals surface area (Å²) in [5.74, 6) is -1.15. The molecule has 0 bridgehead atoms. The monoisotopic (exact) mass is 397 g/mol. The molecule has 2 heterocycles. The molecule has 0 radical (unpaired) electrons. The lowest BCUT2D eigenvalue weighted by atomic mass is 9.97. The lowest BCUT2D eigenvalue weighted by Crippen LogP contribution is -2.64. The van der Waals surface area contributed by atoms with Crippen LogP contribution in [0.15, 0.2) is 24.5 Å². The quantitative estimate of drug-likeness (QED) is 0.391. The van der Waals surface area contributed by atoms with Crippen LogP contribution in [0.5, 0.6) is 0 Å². The van der Waals surface area contributed by atoms with E-state index in [1.54, 1.807) is 6.92 Å². The van der Waals surface area contributed by atoms with E-state index < -0.39 is 55.2 Å². The van der Waals surface area contributed by atoms with Crippen molar-refractivity contribution < 1.29 is 39.2 Å². The first kappa shape index (κ1) is 21.7. The maximum absolute atomic E-state index is 11.8. The fourth-order valence-corrected chi connectivity index (χ4v) is 2.58. The molecule has 1 aromatic heterocycles. The number of aromatic nitrogens is 1. The van der Waals surface area contributed by atoms with Gasteiger partial charge in [-0.2, -0.15) is 0 Å². The average molecular weight is 397 g/mol. The first-order valence-corrected chi connectivity index (χ1v) is 8.70. The van der Waals surface area contributed by atoms with Gasteiger partial charge in [0.25, 0.3) is 5.91 Å². The van der Waals surface area contributed by atoms with Crippen LogP contribution >= 0.6 is 0 Å². The Labute approximate surface area is 160 Å². The number of hydrogen-bond acceptors (Lipinski definition) is 9. The van der Waals surface area contributed by atoms with Gasteiger partial charge in [-0.3, -0.25) is 19.9 Å². The van der Waals surface area contributed by atoms with Gasteiger partial charge >= 0.3 is 6.09 Å². The van der Waals surface area contributed by atoms with Crippen molar-refractivity contribution in [2.75, 3.05) is 6.61 Å². The third-order valence-corrected chi connectivity index (χ3v) is 4.04. The Bertz CT molecular complexity index is 686. The second-order valence-corrected chi connectivity index (χ2v) is 6.18. The molecule has 1 unspecified atom stereocenters. The predicted molar refractivity (Wildman–Crippen MR) is 92.8 cm³/mol. The van der Waals surface area contributed by atoms with Crippen molar-refractivity contribution >= 4 is 17.9 Å². The van der Waals surface area contributed by atoms with E-state index in [4.69, 9.17) is 9.47 Å². The summed E-state index contributed by atoms with van der Waals surface area (Å²) in [6.45, 7) is 1.24. The van der Waals surface area contributed by atoms with E-state index in [-0.39, 0.29) is 12.0 Å². The summed E-state index contributed by atoms with van der Waals surface area (Å²) in [5.41, 5.74) is 0.143. The van der Waals surface area contributed by atoms with Gasteiger partial charge in [-0.25, -0.2) is 4.79 Å². The second-order valence-electron chi connectivity index (χ2n) is 6.18. The van der Waals surface area contributed by atoms with Gasteiger partial charge in [0.05, 0.1) is 5.56 Å². The Balaban J connectivity index is 1.85. The summed E-state index contributed by atoms with van der Waals surface area (Å²) < 4.78 is 9.94. The fourth-order valence-electron chi connectivity index (χ4n) is 2.58. The molecule has 154 valence electrons. The molecule has 0 aliphatic carbocycles. The zero-order valence-corrected chi connectivity index (χ0v) is 15.1. The van der Waals surface area contributed by atoms with E-state index in [0.29, 0.717) is 6.42 Å². The highest BCUT2D eigenvalue weighted by Crippen LogP contribution is 2.20. The number of nitrogens with one attached hydrogen (secondary N) is 2. The molecule has 2 rings (SSSR count). The van der Waals surface area contributed by atoms with Crippen LogP contribution in [0.4, 0.5) is 4.79 Å². The van der Waals surface area contributed by atoms with Crippen LogP contribution in [-0.4, -0.2) is 75.5 Å². The standard InChI is InChI=1S/C17H23N3O8/c1-2-4-11(21)19-12-14(23)13(22)10(28-16(12)25)8-27-17(26)20-15(24)9-5-3-6-18-7-9/h3,5-7,10,12-14,16,22-23,25H,2,4,8H2,1H3,(H,19,21)(H,20,24,26)/t10-,12-,13-,14-,16?/m1/s1. The molecule has 28 heavy (non-hydrogen) atoms. The van der Waals surface area contributed by atoms with E-state index in [1.807, 2.05) is 5.32 Å². The summed E-state index contributed by atoms with van der Waals surface area (Å²) in [7, 11) is 0. The maximum Gasteiger partial charge on any atom is 0.414 e. The normalized spacial score (nSPS) is 26.9. The number of nitrogens with zero attached hydrogens (tertiary/aromatic N) is 1. The number of carbonyl (C=O) groups excluding carboxylic acids is 3. The van der Waals surface area contributed by atoms with E-state index >= 15 is 0 Å². The number of amides is 3. The Morgan fingerprint density at radius 3 is 2.64 bits per heavy atom. The molecule has 5 N–H and O–H groups in total. The zero-order valence-electron chi connectivity index (χ0n) is 15.1. The molecule has 11 heteroatoms. The Morgan fingerprint density at radius 1 is 1.25 bits per heavy atom. The van der Waals surface area contributed by atoms with Crippen LogP contribution in [0.2, 0.25) is 0 Å². The SMILES string of the molecule is CCCC(=O)N[C@H]1C(O)O[C@H](COC(=O)NC(=O)c2cccnc2)[C@@H](O)[C@@H]1O. The van der Waals surface area contributed by atoms with Gasteiger partial charge in [0.2, 0.25) is 5.91 Å². The van der Waals surface area contributed by atoms with Crippen molar-refractivity contribution in [3.05, 3.63) is 30.1 Å². The number of hydrogen-bond donors (Lipinski definition) is 5. The average Bonchev–Trinajstić information content (AvgIpc) is 2.68. The molecular formula is C17H23N3O8. The zero-order chi connectivity index (χ0) is 20.7. The fraction of sp³-hybridized carbons (Fsp3) is 0.529. The molecule has 3 amide bonds. The minimum atomic E-state index is -1.62. The molecular weight excluding hydrogens is 374 g/mol. The summed E-state index contributed by atoms with van der Waals surface area (Å²) in [6, 6.07) is 1.74.